The van der Waals surface area contributed by atoms with E-state index in [1.807, 2.05) is 35.6 Å². The zero-order chi connectivity index (χ0) is 16.1. The maximum Gasteiger partial charge on any atom is 0.337 e. The van der Waals surface area contributed by atoms with Crippen molar-refractivity contribution in [1.82, 2.24) is 4.90 Å². The summed E-state index contributed by atoms with van der Waals surface area (Å²) in [6.07, 6.45) is 5.13. The monoisotopic (exact) mass is 329 g/mol. The normalized spacial score (nSPS) is 19.3. The standard InChI is InChI=1S/C19H23NO2S/c1-22-19(21)16-10-8-15(9-11-16)14-20-12-4-2-3-6-17(20)18-7-5-13-23-18/h5,7-11,13,17H,2-4,6,12,14H2,1H3/t17-/m1/s1. The second-order valence-corrected chi connectivity index (χ2v) is 7.02. The Bertz CT molecular complexity index is 621. The third-order valence-corrected chi connectivity index (χ3v) is 5.47. The Morgan fingerprint density at radius 1 is 1.22 bits per heavy atom. The van der Waals surface area contributed by atoms with Crippen molar-refractivity contribution in [2.45, 2.75) is 38.3 Å². The highest BCUT2D eigenvalue weighted by Crippen LogP contribution is 2.33. The fraction of sp³-hybridized carbons (Fsp3) is 0.421. The lowest BCUT2D eigenvalue weighted by Gasteiger charge is -2.29. The van der Waals surface area contributed by atoms with E-state index < -0.39 is 0 Å². The highest BCUT2D eigenvalue weighted by molar-refractivity contribution is 7.10. The average molecular weight is 329 g/mol. The van der Waals surface area contributed by atoms with Crippen LogP contribution in [0, 0.1) is 0 Å². The third kappa shape index (κ3) is 4.01. The molecule has 122 valence electrons. The molecule has 3 nitrogen and oxygen atoms in total. The molecule has 1 aromatic carbocycles. The smallest absolute Gasteiger partial charge is 0.337 e. The molecule has 0 N–H and O–H groups in total. The number of carbonyl (C=O) groups is 1. The number of carbonyl (C=O) groups excluding carboxylic acids is 1. The van der Waals surface area contributed by atoms with Crippen molar-refractivity contribution in [3.05, 3.63) is 57.8 Å². The van der Waals surface area contributed by atoms with Crippen molar-refractivity contribution in [3.63, 3.8) is 0 Å². The van der Waals surface area contributed by atoms with E-state index in [1.54, 1.807) is 0 Å². The first-order valence-electron chi connectivity index (χ1n) is 8.22. The van der Waals surface area contributed by atoms with Gasteiger partial charge in [-0.1, -0.05) is 31.0 Å². The number of ether oxygens (including phenoxy) is 1. The zero-order valence-electron chi connectivity index (χ0n) is 13.5. The van der Waals surface area contributed by atoms with Gasteiger partial charge in [0, 0.05) is 17.5 Å². The molecule has 0 bridgehead atoms. The molecule has 0 radical (unpaired) electrons. The molecule has 4 heteroatoms. The molecule has 3 rings (SSSR count). The van der Waals surface area contributed by atoms with Gasteiger partial charge in [-0.2, -0.15) is 0 Å². The number of esters is 1. The van der Waals surface area contributed by atoms with Crippen LogP contribution in [0.5, 0.6) is 0 Å². The van der Waals surface area contributed by atoms with Crippen molar-refractivity contribution in [1.29, 1.82) is 0 Å². The maximum atomic E-state index is 11.5. The van der Waals surface area contributed by atoms with Gasteiger partial charge in [-0.25, -0.2) is 4.79 Å². The molecule has 1 aromatic heterocycles. The molecule has 0 spiro atoms. The molecule has 1 aliphatic heterocycles. The maximum absolute atomic E-state index is 11.5. The molecule has 23 heavy (non-hydrogen) atoms. The number of hydrogen-bond acceptors (Lipinski definition) is 4. The largest absolute Gasteiger partial charge is 0.465 e. The molecule has 0 aliphatic carbocycles. The van der Waals surface area contributed by atoms with Crippen LogP contribution in [0.4, 0.5) is 0 Å². The lowest BCUT2D eigenvalue weighted by Crippen LogP contribution is -2.27. The van der Waals surface area contributed by atoms with Crippen LogP contribution in [0.2, 0.25) is 0 Å². The minimum atomic E-state index is -0.275. The van der Waals surface area contributed by atoms with Crippen LogP contribution in [0.15, 0.2) is 41.8 Å². The Kier molecular flexibility index (Phi) is 5.47. The predicted octanol–water partition coefficient (Wildman–Crippen LogP) is 4.65. The molecule has 1 saturated heterocycles. The van der Waals surface area contributed by atoms with Gasteiger partial charge in [0.05, 0.1) is 12.7 Å². The molecule has 2 aromatic rings. The number of benzene rings is 1. The molecule has 1 aliphatic rings. The van der Waals surface area contributed by atoms with Crippen LogP contribution < -0.4 is 0 Å². The zero-order valence-corrected chi connectivity index (χ0v) is 14.3. The highest BCUT2D eigenvalue weighted by atomic mass is 32.1. The molecule has 0 unspecified atom stereocenters. The number of hydrogen-bond donors (Lipinski definition) is 0. The van der Waals surface area contributed by atoms with E-state index in [4.69, 9.17) is 4.74 Å². The van der Waals surface area contributed by atoms with Crippen LogP contribution in [-0.4, -0.2) is 24.5 Å². The summed E-state index contributed by atoms with van der Waals surface area (Å²) < 4.78 is 4.76. The first kappa shape index (κ1) is 16.2. The minimum Gasteiger partial charge on any atom is -0.465 e. The van der Waals surface area contributed by atoms with E-state index >= 15 is 0 Å². The Morgan fingerprint density at radius 2 is 2.04 bits per heavy atom. The van der Waals surface area contributed by atoms with E-state index in [9.17, 15) is 4.79 Å². The molecule has 0 saturated carbocycles. The summed E-state index contributed by atoms with van der Waals surface area (Å²) in [6.45, 7) is 2.07. The van der Waals surface area contributed by atoms with Crippen molar-refractivity contribution in [3.8, 4) is 0 Å². The first-order valence-corrected chi connectivity index (χ1v) is 9.10. The predicted molar refractivity (Wildman–Crippen MR) is 93.7 cm³/mol. The van der Waals surface area contributed by atoms with Gasteiger partial charge in [0.15, 0.2) is 0 Å². The highest BCUT2D eigenvalue weighted by Gasteiger charge is 2.23. The molecular weight excluding hydrogens is 306 g/mol. The SMILES string of the molecule is COC(=O)c1ccc(CN2CCCCC[C@@H]2c2cccs2)cc1. The van der Waals surface area contributed by atoms with Crippen molar-refractivity contribution >= 4 is 17.3 Å². The molecule has 1 atom stereocenters. The Hall–Kier alpha value is -1.65. The van der Waals surface area contributed by atoms with Gasteiger partial charge >= 0.3 is 5.97 Å². The van der Waals surface area contributed by atoms with Crippen LogP contribution in [0.1, 0.15) is 52.5 Å². The molecule has 1 fully saturated rings. The molecule has 0 amide bonds. The van der Waals surface area contributed by atoms with Gasteiger partial charge in [-0.3, -0.25) is 4.90 Å². The Morgan fingerprint density at radius 3 is 2.74 bits per heavy atom. The summed E-state index contributed by atoms with van der Waals surface area (Å²) in [5.41, 5.74) is 1.86. The minimum absolute atomic E-state index is 0.275. The van der Waals surface area contributed by atoms with E-state index in [0.29, 0.717) is 11.6 Å². The van der Waals surface area contributed by atoms with Gasteiger partial charge in [-0.15, -0.1) is 11.3 Å². The number of nitrogens with zero attached hydrogens (tertiary/aromatic N) is 1. The quantitative estimate of drug-likeness (QED) is 0.765. The number of rotatable bonds is 4. The number of thiophene rings is 1. The fourth-order valence-corrected chi connectivity index (χ4v) is 4.15. The van der Waals surface area contributed by atoms with Crippen LogP contribution in [-0.2, 0) is 11.3 Å². The fourth-order valence-electron chi connectivity index (χ4n) is 3.26. The summed E-state index contributed by atoms with van der Waals surface area (Å²) in [5, 5.41) is 2.17. The van der Waals surface area contributed by atoms with Gasteiger partial charge in [0.25, 0.3) is 0 Å². The summed E-state index contributed by atoms with van der Waals surface area (Å²) in [6, 6.07) is 12.7. The van der Waals surface area contributed by atoms with E-state index in [2.05, 4.69) is 22.4 Å². The number of methoxy groups -OCH3 is 1. The second kappa shape index (κ2) is 7.75. The van der Waals surface area contributed by atoms with Gasteiger partial charge in [0.2, 0.25) is 0 Å². The van der Waals surface area contributed by atoms with Gasteiger partial charge in [0.1, 0.15) is 0 Å². The van der Waals surface area contributed by atoms with Crippen molar-refractivity contribution in [2.75, 3.05) is 13.7 Å². The van der Waals surface area contributed by atoms with Crippen LogP contribution in [0.25, 0.3) is 0 Å². The summed E-state index contributed by atoms with van der Waals surface area (Å²) in [7, 11) is 1.42. The van der Waals surface area contributed by atoms with Crippen LogP contribution in [0.3, 0.4) is 0 Å². The summed E-state index contributed by atoms with van der Waals surface area (Å²) in [5.74, 6) is -0.275. The van der Waals surface area contributed by atoms with E-state index in [0.717, 1.165) is 13.1 Å². The summed E-state index contributed by atoms with van der Waals surface area (Å²) in [4.78, 5) is 15.6. The second-order valence-electron chi connectivity index (χ2n) is 6.04. The summed E-state index contributed by atoms with van der Waals surface area (Å²) >= 11 is 1.86. The Labute approximate surface area is 141 Å². The lowest BCUT2D eigenvalue weighted by atomic mass is 10.1. The topological polar surface area (TPSA) is 29.5 Å². The van der Waals surface area contributed by atoms with Crippen LogP contribution >= 0.6 is 11.3 Å². The average Bonchev–Trinajstić information content (AvgIpc) is 3.02. The lowest BCUT2D eigenvalue weighted by molar-refractivity contribution is 0.0600. The molecular formula is C19H23NO2S. The van der Waals surface area contributed by atoms with E-state index in [-0.39, 0.29) is 5.97 Å². The Balaban J connectivity index is 1.74. The van der Waals surface area contributed by atoms with Gasteiger partial charge < -0.3 is 4.74 Å². The third-order valence-electron chi connectivity index (χ3n) is 4.50. The number of likely N-dealkylation sites (tertiary alicyclic amines) is 1. The first-order chi connectivity index (χ1) is 11.3. The van der Waals surface area contributed by atoms with Crippen molar-refractivity contribution < 1.29 is 9.53 Å². The van der Waals surface area contributed by atoms with E-state index in [1.165, 1.54) is 43.2 Å². The van der Waals surface area contributed by atoms with Gasteiger partial charge in [-0.05, 0) is 48.5 Å². The molecule has 2 heterocycles. The van der Waals surface area contributed by atoms with Crippen molar-refractivity contribution in [2.24, 2.45) is 0 Å².